The molecule has 92 valence electrons. The van der Waals surface area contributed by atoms with Gasteiger partial charge in [-0.05, 0) is 42.7 Å². The molecular weight excluding hydrogens is 210 g/mol. The zero-order chi connectivity index (χ0) is 12.3. The van der Waals surface area contributed by atoms with E-state index >= 15 is 0 Å². The maximum absolute atomic E-state index is 12.2. The molecule has 0 atom stereocenters. The van der Waals surface area contributed by atoms with E-state index in [1.807, 2.05) is 12.1 Å². The van der Waals surface area contributed by atoms with Crippen LogP contribution < -0.4 is 0 Å². The average molecular weight is 231 g/mol. The number of aromatic nitrogens is 1. The molecule has 0 spiro atoms. The highest BCUT2D eigenvalue weighted by Crippen LogP contribution is 2.38. The number of ketones is 1. The summed E-state index contributed by atoms with van der Waals surface area (Å²) in [5.41, 5.74) is 1.48. The van der Waals surface area contributed by atoms with Gasteiger partial charge in [0.05, 0.1) is 0 Å². The Labute approximate surface area is 103 Å². The third-order valence-corrected chi connectivity index (χ3v) is 3.90. The third kappa shape index (κ3) is 3.39. The van der Waals surface area contributed by atoms with Crippen molar-refractivity contribution in [3.05, 3.63) is 30.1 Å². The van der Waals surface area contributed by atoms with E-state index in [9.17, 15) is 4.79 Å². The molecule has 0 saturated heterocycles. The Morgan fingerprint density at radius 2 is 2.12 bits per heavy atom. The summed E-state index contributed by atoms with van der Waals surface area (Å²) in [6.45, 7) is 4.60. The summed E-state index contributed by atoms with van der Waals surface area (Å²) in [7, 11) is 0. The van der Waals surface area contributed by atoms with Crippen molar-refractivity contribution in [1.82, 2.24) is 4.98 Å². The summed E-state index contributed by atoms with van der Waals surface area (Å²) in [5.74, 6) is 0.678. The Morgan fingerprint density at radius 3 is 2.71 bits per heavy atom. The van der Waals surface area contributed by atoms with Crippen LogP contribution in [0.1, 0.15) is 45.1 Å². The van der Waals surface area contributed by atoms with Crippen molar-refractivity contribution in [2.45, 2.75) is 46.0 Å². The molecule has 0 amide bonds. The lowest BCUT2D eigenvalue weighted by Crippen LogP contribution is -2.27. The average Bonchev–Trinajstić information content (AvgIpc) is 2.30. The molecule has 1 aliphatic carbocycles. The molecule has 1 fully saturated rings. The Bertz CT molecular complexity index is 373. The maximum Gasteiger partial charge on any atom is 0.140 e. The summed E-state index contributed by atoms with van der Waals surface area (Å²) in [6.07, 6.45) is 8.58. The van der Waals surface area contributed by atoms with Gasteiger partial charge in [-0.1, -0.05) is 19.9 Å². The van der Waals surface area contributed by atoms with Gasteiger partial charge in [0.25, 0.3) is 0 Å². The molecule has 1 saturated carbocycles. The lowest BCUT2D eigenvalue weighted by Gasteiger charge is -2.33. The van der Waals surface area contributed by atoms with Gasteiger partial charge in [-0.3, -0.25) is 9.78 Å². The molecule has 17 heavy (non-hydrogen) atoms. The fourth-order valence-corrected chi connectivity index (χ4v) is 2.57. The summed E-state index contributed by atoms with van der Waals surface area (Å²) < 4.78 is 0. The molecule has 1 aromatic rings. The Morgan fingerprint density at radius 1 is 1.41 bits per heavy atom. The second-order valence-electron chi connectivity index (χ2n) is 5.94. The molecule has 1 aromatic heterocycles. The van der Waals surface area contributed by atoms with E-state index in [1.165, 1.54) is 12.8 Å². The number of rotatable bonds is 3. The van der Waals surface area contributed by atoms with E-state index in [4.69, 9.17) is 0 Å². The van der Waals surface area contributed by atoms with Crippen molar-refractivity contribution in [3.63, 3.8) is 0 Å². The largest absolute Gasteiger partial charge is 0.299 e. The van der Waals surface area contributed by atoms with Crippen LogP contribution in [0.25, 0.3) is 0 Å². The molecule has 2 rings (SSSR count). The van der Waals surface area contributed by atoms with Gasteiger partial charge < -0.3 is 0 Å². The molecule has 0 aliphatic heterocycles. The summed E-state index contributed by atoms with van der Waals surface area (Å²) in [4.78, 5) is 16.2. The topological polar surface area (TPSA) is 30.0 Å². The van der Waals surface area contributed by atoms with Crippen LogP contribution in [0.15, 0.2) is 24.5 Å². The first kappa shape index (κ1) is 12.3. The van der Waals surface area contributed by atoms with E-state index in [0.717, 1.165) is 18.4 Å². The summed E-state index contributed by atoms with van der Waals surface area (Å²) in [6, 6.07) is 3.88. The van der Waals surface area contributed by atoms with Gasteiger partial charge in [-0.15, -0.1) is 0 Å². The number of pyridine rings is 1. The molecule has 2 nitrogen and oxygen atoms in total. The minimum atomic E-state index is 0.281. The number of carbonyl (C=O) groups is 1. The normalized spacial score (nSPS) is 20.1. The van der Waals surface area contributed by atoms with Gasteiger partial charge in [0.15, 0.2) is 0 Å². The molecule has 0 radical (unpaired) electrons. The number of carbonyl (C=O) groups excluding carboxylic acids is 1. The smallest absolute Gasteiger partial charge is 0.140 e. The first-order valence-corrected chi connectivity index (χ1v) is 6.48. The first-order valence-electron chi connectivity index (χ1n) is 6.48. The monoisotopic (exact) mass is 231 g/mol. The van der Waals surface area contributed by atoms with Crippen molar-refractivity contribution in [2.24, 2.45) is 11.3 Å². The van der Waals surface area contributed by atoms with Gasteiger partial charge in [-0.25, -0.2) is 0 Å². The van der Waals surface area contributed by atoms with Gasteiger partial charge in [-0.2, -0.15) is 0 Å². The number of nitrogens with zero attached hydrogens (tertiary/aromatic N) is 1. The number of Topliss-reactive ketones (excluding diaryl/α,β-unsaturated/α-hetero) is 1. The van der Waals surface area contributed by atoms with E-state index < -0.39 is 0 Å². The Hall–Kier alpha value is -1.18. The molecular formula is C15H21NO. The first-order chi connectivity index (χ1) is 8.07. The lowest BCUT2D eigenvalue weighted by atomic mass is 9.71. The van der Waals surface area contributed by atoms with Crippen LogP contribution in [0.5, 0.6) is 0 Å². The van der Waals surface area contributed by atoms with Crippen LogP contribution in [-0.2, 0) is 11.2 Å². The van der Waals surface area contributed by atoms with E-state index in [1.54, 1.807) is 12.4 Å². The van der Waals surface area contributed by atoms with Gasteiger partial charge >= 0.3 is 0 Å². The molecule has 1 heterocycles. The predicted octanol–water partition coefficient (Wildman–Crippen LogP) is 3.41. The summed E-state index contributed by atoms with van der Waals surface area (Å²) in [5, 5.41) is 0. The SMILES string of the molecule is CC1(C)CCC(C(=O)Cc2cccnc2)CC1. The maximum atomic E-state index is 12.2. The summed E-state index contributed by atoms with van der Waals surface area (Å²) >= 11 is 0. The van der Waals surface area contributed by atoms with Gasteiger partial charge in [0.1, 0.15) is 5.78 Å². The quantitative estimate of drug-likeness (QED) is 0.798. The molecule has 0 aromatic carbocycles. The van der Waals surface area contributed by atoms with Crippen LogP contribution in [0, 0.1) is 11.3 Å². The fourth-order valence-electron chi connectivity index (χ4n) is 2.57. The molecule has 0 unspecified atom stereocenters. The Kier molecular flexibility index (Phi) is 3.60. The minimum absolute atomic E-state index is 0.281. The molecule has 0 N–H and O–H groups in total. The van der Waals surface area contributed by atoms with Crippen LogP contribution in [0.3, 0.4) is 0 Å². The standard InChI is InChI=1S/C15H21NO/c1-15(2)7-5-13(6-8-15)14(17)10-12-4-3-9-16-11-12/h3-4,9,11,13H,5-8,10H2,1-2H3. The lowest BCUT2D eigenvalue weighted by molar-refractivity contribution is -0.123. The predicted molar refractivity (Wildman–Crippen MR) is 68.7 cm³/mol. The second-order valence-corrected chi connectivity index (χ2v) is 5.94. The zero-order valence-corrected chi connectivity index (χ0v) is 10.8. The second kappa shape index (κ2) is 4.99. The zero-order valence-electron chi connectivity index (χ0n) is 10.8. The van der Waals surface area contributed by atoms with Crippen LogP contribution >= 0.6 is 0 Å². The van der Waals surface area contributed by atoms with Crippen molar-refractivity contribution in [1.29, 1.82) is 0 Å². The molecule has 2 heteroatoms. The van der Waals surface area contributed by atoms with Crippen LogP contribution in [0.4, 0.5) is 0 Å². The van der Waals surface area contributed by atoms with Crippen molar-refractivity contribution >= 4 is 5.78 Å². The van der Waals surface area contributed by atoms with Gasteiger partial charge in [0.2, 0.25) is 0 Å². The number of hydrogen-bond acceptors (Lipinski definition) is 2. The fraction of sp³-hybridized carbons (Fsp3) is 0.600. The van der Waals surface area contributed by atoms with E-state index in [2.05, 4.69) is 18.8 Å². The van der Waals surface area contributed by atoms with E-state index in [-0.39, 0.29) is 5.92 Å². The van der Waals surface area contributed by atoms with Crippen molar-refractivity contribution in [3.8, 4) is 0 Å². The Balaban J connectivity index is 1.90. The number of hydrogen-bond donors (Lipinski definition) is 0. The molecule has 1 aliphatic rings. The van der Waals surface area contributed by atoms with Crippen LogP contribution in [0.2, 0.25) is 0 Å². The highest BCUT2D eigenvalue weighted by atomic mass is 16.1. The highest BCUT2D eigenvalue weighted by molar-refractivity contribution is 5.83. The van der Waals surface area contributed by atoms with Gasteiger partial charge in [0, 0.05) is 24.7 Å². The van der Waals surface area contributed by atoms with Crippen molar-refractivity contribution < 1.29 is 4.79 Å². The highest BCUT2D eigenvalue weighted by Gasteiger charge is 2.30. The molecule has 0 bridgehead atoms. The van der Waals surface area contributed by atoms with E-state index in [0.29, 0.717) is 17.6 Å². The minimum Gasteiger partial charge on any atom is -0.299 e. The third-order valence-electron chi connectivity index (χ3n) is 3.90. The van der Waals surface area contributed by atoms with Crippen molar-refractivity contribution in [2.75, 3.05) is 0 Å². The van der Waals surface area contributed by atoms with Crippen LogP contribution in [-0.4, -0.2) is 10.8 Å².